The number of halogens is 2. The molecule has 0 saturated heterocycles. The van der Waals surface area contributed by atoms with Crippen LogP contribution in [0.5, 0.6) is 5.75 Å². The number of ether oxygens (including phenoxy) is 1. The van der Waals surface area contributed by atoms with Crippen molar-refractivity contribution in [2.45, 2.75) is 13.5 Å². The van der Waals surface area contributed by atoms with Gasteiger partial charge in [0.2, 0.25) is 0 Å². The molecule has 0 spiro atoms. The van der Waals surface area contributed by atoms with E-state index in [1.807, 2.05) is 13.0 Å². The Morgan fingerprint density at radius 3 is 2.65 bits per heavy atom. The van der Waals surface area contributed by atoms with Crippen LogP contribution in [0.25, 0.3) is 0 Å². The van der Waals surface area contributed by atoms with Gasteiger partial charge in [-0.2, -0.15) is 0 Å². The molecule has 2 aromatic carbocycles. The number of nitro groups is 1. The van der Waals surface area contributed by atoms with E-state index < -0.39 is 4.92 Å². The number of hydrogen-bond donors (Lipinski definition) is 0. The lowest BCUT2D eigenvalue weighted by Crippen LogP contribution is -1.99. The molecule has 0 aliphatic carbocycles. The van der Waals surface area contributed by atoms with E-state index in [4.69, 9.17) is 27.9 Å². The first kappa shape index (κ1) is 14.6. The van der Waals surface area contributed by atoms with Crippen molar-refractivity contribution < 1.29 is 9.66 Å². The number of benzene rings is 2. The predicted octanol–water partition coefficient (Wildman–Crippen LogP) is 4.79. The Morgan fingerprint density at radius 2 is 1.95 bits per heavy atom. The second kappa shape index (κ2) is 6.11. The van der Waals surface area contributed by atoms with E-state index in [1.54, 1.807) is 12.1 Å². The van der Waals surface area contributed by atoms with Gasteiger partial charge in [-0.3, -0.25) is 10.1 Å². The summed E-state index contributed by atoms with van der Waals surface area (Å²) in [6.07, 6.45) is 0. The molecule has 0 aromatic heterocycles. The smallest absolute Gasteiger partial charge is 0.269 e. The van der Waals surface area contributed by atoms with E-state index in [9.17, 15) is 10.1 Å². The minimum atomic E-state index is -0.468. The van der Waals surface area contributed by atoms with Crippen LogP contribution in [-0.2, 0) is 6.61 Å². The number of hydrogen-bond acceptors (Lipinski definition) is 3. The number of aryl methyl sites for hydroxylation is 1. The average Bonchev–Trinajstić information content (AvgIpc) is 2.41. The summed E-state index contributed by atoms with van der Waals surface area (Å²) in [5.74, 6) is 0.625. The van der Waals surface area contributed by atoms with Crippen LogP contribution in [0.4, 0.5) is 5.69 Å². The number of nitro benzene ring substituents is 1. The first-order chi connectivity index (χ1) is 9.47. The molecule has 0 unspecified atom stereocenters. The fourth-order valence-corrected chi connectivity index (χ4v) is 2.00. The van der Waals surface area contributed by atoms with Crippen LogP contribution < -0.4 is 4.74 Å². The van der Waals surface area contributed by atoms with Gasteiger partial charge < -0.3 is 4.74 Å². The summed E-state index contributed by atoms with van der Waals surface area (Å²) < 4.78 is 5.63. The van der Waals surface area contributed by atoms with E-state index in [0.717, 1.165) is 5.56 Å². The molecule has 0 heterocycles. The Bertz CT molecular complexity index is 659. The van der Waals surface area contributed by atoms with Gasteiger partial charge in [0.25, 0.3) is 5.69 Å². The van der Waals surface area contributed by atoms with Crippen molar-refractivity contribution in [3.8, 4) is 5.75 Å². The third kappa shape index (κ3) is 3.40. The van der Waals surface area contributed by atoms with Crippen molar-refractivity contribution >= 4 is 28.9 Å². The lowest BCUT2D eigenvalue weighted by Gasteiger charge is -2.10. The van der Waals surface area contributed by atoms with Crippen LogP contribution in [0.15, 0.2) is 36.4 Å². The Morgan fingerprint density at radius 1 is 1.20 bits per heavy atom. The molecule has 0 aliphatic rings. The van der Waals surface area contributed by atoms with Crippen LogP contribution in [-0.4, -0.2) is 4.92 Å². The SMILES string of the molecule is Cc1ccc(Cl)cc1OCc1cc([N+](=O)[O-])ccc1Cl. The zero-order valence-electron chi connectivity index (χ0n) is 10.6. The summed E-state index contributed by atoms with van der Waals surface area (Å²) in [4.78, 5) is 10.3. The molecule has 0 bridgehead atoms. The highest BCUT2D eigenvalue weighted by Gasteiger charge is 2.11. The van der Waals surface area contributed by atoms with Crippen molar-refractivity contribution in [3.05, 3.63) is 67.7 Å². The maximum Gasteiger partial charge on any atom is 0.269 e. The van der Waals surface area contributed by atoms with Crippen molar-refractivity contribution in [1.82, 2.24) is 0 Å². The zero-order valence-corrected chi connectivity index (χ0v) is 12.1. The zero-order chi connectivity index (χ0) is 14.7. The molecular weight excluding hydrogens is 301 g/mol. The highest BCUT2D eigenvalue weighted by molar-refractivity contribution is 6.31. The molecule has 2 aromatic rings. The summed E-state index contributed by atoms with van der Waals surface area (Å²) in [6.45, 7) is 2.03. The molecule has 0 saturated carbocycles. The molecule has 0 amide bonds. The molecule has 0 N–H and O–H groups in total. The molecule has 0 aliphatic heterocycles. The fraction of sp³-hybridized carbons (Fsp3) is 0.143. The highest BCUT2D eigenvalue weighted by Crippen LogP contribution is 2.26. The van der Waals surface area contributed by atoms with Crippen LogP contribution >= 0.6 is 23.2 Å². The summed E-state index contributed by atoms with van der Waals surface area (Å²) in [7, 11) is 0. The Labute approximate surface area is 126 Å². The molecule has 104 valence electrons. The van der Waals surface area contributed by atoms with E-state index in [0.29, 0.717) is 21.4 Å². The second-order valence-corrected chi connectivity index (χ2v) is 5.07. The summed E-state index contributed by atoms with van der Waals surface area (Å²) in [5.41, 5.74) is 1.46. The molecule has 0 radical (unpaired) electrons. The molecule has 0 fully saturated rings. The Kier molecular flexibility index (Phi) is 4.47. The van der Waals surface area contributed by atoms with Gasteiger partial charge >= 0.3 is 0 Å². The number of non-ortho nitro benzene ring substituents is 1. The number of rotatable bonds is 4. The second-order valence-electron chi connectivity index (χ2n) is 4.23. The first-order valence-electron chi connectivity index (χ1n) is 5.79. The van der Waals surface area contributed by atoms with Gasteiger partial charge in [0, 0.05) is 27.7 Å². The van der Waals surface area contributed by atoms with Crippen molar-refractivity contribution in [3.63, 3.8) is 0 Å². The third-order valence-electron chi connectivity index (χ3n) is 2.77. The van der Waals surface area contributed by atoms with Crippen molar-refractivity contribution in [2.24, 2.45) is 0 Å². The largest absolute Gasteiger partial charge is 0.489 e. The van der Waals surface area contributed by atoms with Gasteiger partial charge in [-0.15, -0.1) is 0 Å². The lowest BCUT2D eigenvalue weighted by atomic mass is 10.2. The van der Waals surface area contributed by atoms with Crippen LogP contribution in [0, 0.1) is 17.0 Å². The van der Waals surface area contributed by atoms with Crippen LogP contribution in [0.1, 0.15) is 11.1 Å². The van der Waals surface area contributed by atoms with Gasteiger partial charge in [-0.25, -0.2) is 0 Å². The maximum atomic E-state index is 10.7. The molecule has 6 heteroatoms. The molecule has 2 rings (SSSR count). The van der Waals surface area contributed by atoms with Crippen molar-refractivity contribution in [2.75, 3.05) is 0 Å². The first-order valence-corrected chi connectivity index (χ1v) is 6.55. The number of nitrogens with zero attached hydrogens (tertiary/aromatic N) is 1. The molecule has 4 nitrogen and oxygen atoms in total. The van der Waals surface area contributed by atoms with Crippen LogP contribution in [0.3, 0.4) is 0 Å². The summed E-state index contributed by atoms with van der Waals surface area (Å²) in [5, 5.41) is 11.7. The van der Waals surface area contributed by atoms with Gasteiger partial charge in [0.05, 0.1) is 4.92 Å². The minimum absolute atomic E-state index is 0.0178. The molecule has 0 atom stereocenters. The van der Waals surface area contributed by atoms with Crippen LogP contribution in [0.2, 0.25) is 10.0 Å². The quantitative estimate of drug-likeness (QED) is 0.602. The Hall–Kier alpha value is -1.78. The lowest BCUT2D eigenvalue weighted by molar-refractivity contribution is -0.384. The average molecular weight is 312 g/mol. The topological polar surface area (TPSA) is 52.4 Å². The monoisotopic (exact) mass is 311 g/mol. The summed E-state index contributed by atoms with van der Waals surface area (Å²) >= 11 is 11.9. The molecule has 20 heavy (non-hydrogen) atoms. The maximum absolute atomic E-state index is 10.7. The molecular formula is C14H11Cl2NO3. The standard InChI is InChI=1S/C14H11Cl2NO3/c1-9-2-3-11(15)7-14(9)20-8-10-6-12(17(18)19)4-5-13(10)16/h2-7H,8H2,1H3. The minimum Gasteiger partial charge on any atom is -0.489 e. The van der Waals surface area contributed by atoms with E-state index in [-0.39, 0.29) is 12.3 Å². The Balaban J connectivity index is 2.20. The van der Waals surface area contributed by atoms with Gasteiger partial charge in [0.15, 0.2) is 0 Å². The summed E-state index contributed by atoms with van der Waals surface area (Å²) in [6, 6.07) is 9.56. The van der Waals surface area contributed by atoms with Gasteiger partial charge in [0.1, 0.15) is 12.4 Å². The van der Waals surface area contributed by atoms with E-state index in [1.165, 1.54) is 18.2 Å². The van der Waals surface area contributed by atoms with Crippen molar-refractivity contribution in [1.29, 1.82) is 0 Å². The predicted molar refractivity (Wildman–Crippen MR) is 78.6 cm³/mol. The fourth-order valence-electron chi connectivity index (χ4n) is 1.67. The van der Waals surface area contributed by atoms with E-state index >= 15 is 0 Å². The van der Waals surface area contributed by atoms with E-state index in [2.05, 4.69) is 0 Å². The van der Waals surface area contributed by atoms with Gasteiger partial charge in [-0.1, -0.05) is 29.3 Å². The highest BCUT2D eigenvalue weighted by atomic mass is 35.5. The van der Waals surface area contributed by atoms with Gasteiger partial charge in [-0.05, 0) is 30.7 Å². The normalized spacial score (nSPS) is 10.3. The third-order valence-corrected chi connectivity index (χ3v) is 3.38.